The Bertz CT molecular complexity index is 623. The predicted molar refractivity (Wildman–Crippen MR) is 95.0 cm³/mol. The van der Waals surface area contributed by atoms with Gasteiger partial charge in [-0.25, -0.2) is 0 Å². The van der Waals surface area contributed by atoms with E-state index in [1.54, 1.807) is 19.1 Å². The SMILES string of the molecule is COc1ccc([C@H]2[C@H](C(=O)N3CCC(CN)CC3)CC(=O)N2C)cc1. The van der Waals surface area contributed by atoms with Crippen molar-refractivity contribution < 1.29 is 14.3 Å². The molecule has 25 heavy (non-hydrogen) atoms. The molecule has 0 aromatic heterocycles. The molecule has 2 amide bonds. The number of piperidine rings is 1. The van der Waals surface area contributed by atoms with Gasteiger partial charge >= 0.3 is 0 Å². The molecule has 2 saturated heterocycles. The molecule has 2 N–H and O–H groups in total. The number of benzene rings is 1. The van der Waals surface area contributed by atoms with Crippen molar-refractivity contribution >= 4 is 11.8 Å². The molecular weight excluding hydrogens is 318 g/mol. The van der Waals surface area contributed by atoms with Gasteiger partial charge < -0.3 is 20.3 Å². The standard InChI is InChI=1S/C19H27N3O3/c1-21-17(23)11-16(18(21)14-3-5-15(25-2)6-4-14)19(24)22-9-7-13(12-20)8-10-22/h3-6,13,16,18H,7-12,20H2,1-2H3/t16-,18+/m1/s1. The summed E-state index contributed by atoms with van der Waals surface area (Å²) < 4.78 is 5.20. The normalized spacial score (nSPS) is 24.7. The van der Waals surface area contributed by atoms with Crippen LogP contribution in [-0.2, 0) is 9.59 Å². The van der Waals surface area contributed by atoms with Crippen molar-refractivity contribution in [2.45, 2.75) is 25.3 Å². The quantitative estimate of drug-likeness (QED) is 0.895. The van der Waals surface area contributed by atoms with E-state index < -0.39 is 0 Å². The maximum absolute atomic E-state index is 13.1. The highest BCUT2D eigenvalue weighted by molar-refractivity contribution is 5.90. The summed E-state index contributed by atoms with van der Waals surface area (Å²) in [7, 11) is 3.41. The van der Waals surface area contributed by atoms with E-state index in [2.05, 4.69) is 0 Å². The Hall–Kier alpha value is -2.08. The van der Waals surface area contributed by atoms with Crippen LogP contribution in [0.5, 0.6) is 5.75 Å². The van der Waals surface area contributed by atoms with Gasteiger partial charge in [0, 0.05) is 26.6 Å². The molecule has 6 nitrogen and oxygen atoms in total. The highest BCUT2D eigenvalue weighted by Gasteiger charge is 2.44. The van der Waals surface area contributed by atoms with Crippen LogP contribution in [0.4, 0.5) is 0 Å². The molecule has 0 spiro atoms. The predicted octanol–water partition coefficient (Wildman–Crippen LogP) is 1.41. The van der Waals surface area contributed by atoms with Crippen molar-refractivity contribution in [3.8, 4) is 5.75 Å². The lowest BCUT2D eigenvalue weighted by Crippen LogP contribution is -2.44. The molecule has 0 aliphatic carbocycles. The van der Waals surface area contributed by atoms with Crippen molar-refractivity contribution in [3.05, 3.63) is 29.8 Å². The van der Waals surface area contributed by atoms with E-state index in [0.29, 0.717) is 12.5 Å². The molecular formula is C19H27N3O3. The van der Waals surface area contributed by atoms with Crippen molar-refractivity contribution in [1.29, 1.82) is 0 Å². The van der Waals surface area contributed by atoms with Gasteiger partial charge in [0.25, 0.3) is 0 Å². The Morgan fingerprint density at radius 3 is 2.44 bits per heavy atom. The Morgan fingerprint density at radius 1 is 1.24 bits per heavy atom. The van der Waals surface area contributed by atoms with E-state index in [1.807, 2.05) is 29.2 Å². The Kier molecular flexibility index (Phi) is 5.27. The molecule has 0 unspecified atom stereocenters. The van der Waals surface area contributed by atoms with Gasteiger partial charge in [0.15, 0.2) is 0 Å². The highest BCUT2D eigenvalue weighted by atomic mass is 16.5. The molecule has 2 aliphatic heterocycles. The van der Waals surface area contributed by atoms with Crippen LogP contribution in [0.1, 0.15) is 30.9 Å². The second-order valence-electron chi connectivity index (χ2n) is 7.04. The van der Waals surface area contributed by atoms with Gasteiger partial charge in [0.05, 0.1) is 19.1 Å². The zero-order valence-corrected chi connectivity index (χ0v) is 15.0. The van der Waals surface area contributed by atoms with Gasteiger partial charge in [0.2, 0.25) is 11.8 Å². The number of amides is 2. The largest absolute Gasteiger partial charge is 0.497 e. The molecule has 1 aromatic carbocycles. The number of hydrogen-bond acceptors (Lipinski definition) is 4. The second-order valence-corrected chi connectivity index (χ2v) is 7.04. The van der Waals surface area contributed by atoms with Crippen LogP contribution in [0, 0.1) is 11.8 Å². The summed E-state index contributed by atoms with van der Waals surface area (Å²) in [5.41, 5.74) is 6.72. The smallest absolute Gasteiger partial charge is 0.228 e. The second kappa shape index (κ2) is 7.44. The average molecular weight is 345 g/mol. The Morgan fingerprint density at radius 2 is 1.88 bits per heavy atom. The van der Waals surface area contributed by atoms with Crippen LogP contribution in [-0.4, -0.2) is 55.4 Å². The molecule has 3 rings (SSSR count). The lowest BCUT2D eigenvalue weighted by molar-refractivity contribution is -0.138. The monoisotopic (exact) mass is 345 g/mol. The first-order chi connectivity index (χ1) is 12.0. The third-order valence-electron chi connectivity index (χ3n) is 5.62. The molecule has 136 valence electrons. The van der Waals surface area contributed by atoms with Gasteiger partial charge in [-0.1, -0.05) is 12.1 Å². The van der Waals surface area contributed by atoms with Crippen LogP contribution in [0.15, 0.2) is 24.3 Å². The number of methoxy groups -OCH3 is 1. The summed E-state index contributed by atoms with van der Waals surface area (Å²) in [4.78, 5) is 29.0. The number of carbonyl (C=O) groups is 2. The number of carbonyl (C=O) groups excluding carboxylic acids is 2. The fraction of sp³-hybridized carbons (Fsp3) is 0.579. The Labute approximate surface area is 148 Å². The molecule has 0 bridgehead atoms. The zero-order chi connectivity index (χ0) is 18.0. The lowest BCUT2D eigenvalue weighted by atomic mass is 9.90. The zero-order valence-electron chi connectivity index (χ0n) is 15.0. The summed E-state index contributed by atoms with van der Waals surface area (Å²) in [6, 6.07) is 7.43. The first-order valence-electron chi connectivity index (χ1n) is 8.93. The van der Waals surface area contributed by atoms with Crippen molar-refractivity contribution in [3.63, 3.8) is 0 Å². The minimum absolute atomic E-state index is 0.0241. The van der Waals surface area contributed by atoms with E-state index in [9.17, 15) is 9.59 Å². The maximum atomic E-state index is 13.1. The third kappa shape index (κ3) is 3.49. The van der Waals surface area contributed by atoms with Gasteiger partial charge in [-0.15, -0.1) is 0 Å². The van der Waals surface area contributed by atoms with Crippen LogP contribution in [0.2, 0.25) is 0 Å². The number of nitrogens with two attached hydrogens (primary N) is 1. The van der Waals surface area contributed by atoms with Crippen LogP contribution < -0.4 is 10.5 Å². The molecule has 1 aromatic rings. The van der Waals surface area contributed by atoms with Gasteiger partial charge in [0.1, 0.15) is 5.75 Å². The van der Waals surface area contributed by atoms with Crippen molar-refractivity contribution in [1.82, 2.24) is 9.80 Å². The molecule has 2 atom stereocenters. The lowest BCUT2D eigenvalue weighted by Gasteiger charge is -2.34. The van der Waals surface area contributed by atoms with Crippen LogP contribution in [0.25, 0.3) is 0 Å². The molecule has 0 radical (unpaired) electrons. The average Bonchev–Trinajstić information content (AvgIpc) is 2.96. The summed E-state index contributed by atoms with van der Waals surface area (Å²) in [6.45, 7) is 2.16. The third-order valence-corrected chi connectivity index (χ3v) is 5.62. The summed E-state index contributed by atoms with van der Waals surface area (Å²) in [5.74, 6) is 1.07. The van der Waals surface area contributed by atoms with E-state index in [1.165, 1.54) is 0 Å². The topological polar surface area (TPSA) is 75.9 Å². The summed E-state index contributed by atoms with van der Waals surface area (Å²) >= 11 is 0. The van der Waals surface area contributed by atoms with E-state index >= 15 is 0 Å². The van der Waals surface area contributed by atoms with Gasteiger partial charge in [-0.05, 0) is 43.0 Å². The highest BCUT2D eigenvalue weighted by Crippen LogP contribution is 2.39. The van der Waals surface area contributed by atoms with Crippen LogP contribution in [0.3, 0.4) is 0 Å². The molecule has 0 saturated carbocycles. The maximum Gasteiger partial charge on any atom is 0.228 e. The van der Waals surface area contributed by atoms with E-state index in [0.717, 1.165) is 37.2 Å². The summed E-state index contributed by atoms with van der Waals surface area (Å²) in [5, 5.41) is 0. The van der Waals surface area contributed by atoms with E-state index in [-0.39, 0.29) is 30.2 Å². The first-order valence-corrected chi connectivity index (χ1v) is 8.93. The fourth-order valence-electron chi connectivity index (χ4n) is 3.97. The van der Waals surface area contributed by atoms with E-state index in [4.69, 9.17) is 10.5 Å². The van der Waals surface area contributed by atoms with Gasteiger partial charge in [-0.2, -0.15) is 0 Å². The Balaban J connectivity index is 1.78. The van der Waals surface area contributed by atoms with Crippen molar-refractivity contribution in [2.75, 3.05) is 33.8 Å². The number of likely N-dealkylation sites (tertiary alicyclic amines) is 2. The summed E-state index contributed by atoms with van der Waals surface area (Å²) in [6.07, 6.45) is 2.18. The van der Waals surface area contributed by atoms with Crippen molar-refractivity contribution in [2.24, 2.45) is 17.6 Å². The molecule has 2 heterocycles. The van der Waals surface area contributed by atoms with Crippen LogP contribution >= 0.6 is 0 Å². The molecule has 6 heteroatoms. The number of hydrogen-bond donors (Lipinski definition) is 1. The number of rotatable bonds is 4. The van der Waals surface area contributed by atoms with Gasteiger partial charge in [-0.3, -0.25) is 9.59 Å². The molecule has 2 aliphatic rings. The fourth-order valence-corrected chi connectivity index (χ4v) is 3.97. The minimum Gasteiger partial charge on any atom is -0.497 e. The first kappa shape index (κ1) is 17.7. The number of nitrogens with zero attached hydrogens (tertiary/aromatic N) is 2. The molecule has 2 fully saturated rings. The minimum atomic E-state index is -0.319. The number of ether oxygens (including phenoxy) is 1.